The summed E-state index contributed by atoms with van der Waals surface area (Å²) in [6.07, 6.45) is 2.36. The smallest absolute Gasteiger partial charge is 0.360 e. The number of rotatable bonds is 4. The second kappa shape index (κ2) is 5.39. The topological polar surface area (TPSA) is 81.6 Å². The lowest BCUT2D eigenvalue weighted by molar-refractivity contribution is 0.0519. The van der Waals surface area contributed by atoms with Crippen molar-refractivity contribution in [2.45, 2.75) is 26.3 Å². The number of carbonyl (C=O) groups excluding carboxylic acids is 1. The Bertz CT molecular complexity index is 416. The summed E-state index contributed by atoms with van der Waals surface area (Å²) in [5.74, 6) is -0.00150. The van der Waals surface area contributed by atoms with Crippen LogP contribution in [-0.2, 0) is 4.74 Å². The Morgan fingerprint density at radius 2 is 2.56 bits per heavy atom. The fourth-order valence-corrected chi connectivity index (χ4v) is 2.10. The number of hydrogen-bond acceptors (Lipinski definition) is 6. The Hall–Kier alpha value is -1.56. The van der Waals surface area contributed by atoms with Gasteiger partial charge in [-0.15, -0.1) is 0 Å². The van der Waals surface area contributed by atoms with Gasteiger partial charge in [-0.1, -0.05) is 0 Å². The molecule has 1 fully saturated rings. The Morgan fingerprint density at radius 1 is 1.78 bits per heavy atom. The number of anilines is 1. The molecule has 2 unspecified atom stereocenters. The van der Waals surface area contributed by atoms with Crippen molar-refractivity contribution in [3.05, 3.63) is 12.0 Å². The molecule has 0 radical (unpaired) electrons. The van der Waals surface area contributed by atoms with E-state index in [0.717, 1.165) is 19.5 Å². The van der Waals surface area contributed by atoms with Gasteiger partial charge in [-0.3, -0.25) is 0 Å². The van der Waals surface area contributed by atoms with Gasteiger partial charge in [0.2, 0.25) is 0 Å². The fraction of sp³-hybridized carbons (Fsp3) is 0.667. The molecule has 1 saturated heterocycles. The molecule has 0 saturated carbocycles. The van der Waals surface area contributed by atoms with E-state index in [1.807, 2.05) is 11.8 Å². The Morgan fingerprint density at radius 3 is 3.17 bits per heavy atom. The minimum Gasteiger partial charge on any atom is -0.461 e. The molecule has 1 aromatic heterocycles. The number of ether oxygens (including phenoxy) is 1. The van der Waals surface area contributed by atoms with Gasteiger partial charge >= 0.3 is 5.97 Å². The van der Waals surface area contributed by atoms with E-state index in [9.17, 15) is 4.79 Å². The highest BCUT2D eigenvalue weighted by molar-refractivity contribution is 5.87. The van der Waals surface area contributed by atoms with Gasteiger partial charge in [0, 0.05) is 19.1 Å². The summed E-state index contributed by atoms with van der Waals surface area (Å²) >= 11 is 0. The fourth-order valence-electron chi connectivity index (χ4n) is 2.10. The first-order valence-corrected chi connectivity index (χ1v) is 6.25. The predicted octanol–water partition coefficient (Wildman–Crippen LogP) is 1.02. The van der Waals surface area contributed by atoms with Crippen molar-refractivity contribution < 1.29 is 13.9 Å². The second-order valence-corrected chi connectivity index (χ2v) is 4.59. The zero-order valence-corrected chi connectivity index (χ0v) is 10.8. The van der Waals surface area contributed by atoms with Crippen LogP contribution in [0.3, 0.4) is 0 Å². The van der Waals surface area contributed by atoms with Gasteiger partial charge in [0.25, 0.3) is 6.01 Å². The minimum atomic E-state index is -0.449. The number of aromatic nitrogens is 1. The van der Waals surface area contributed by atoms with Crippen LogP contribution in [0, 0.1) is 5.92 Å². The first-order valence-electron chi connectivity index (χ1n) is 6.25. The third kappa shape index (κ3) is 2.64. The first kappa shape index (κ1) is 12.9. The molecule has 6 nitrogen and oxygen atoms in total. The van der Waals surface area contributed by atoms with Crippen molar-refractivity contribution >= 4 is 12.0 Å². The van der Waals surface area contributed by atoms with Gasteiger partial charge in [0.05, 0.1) is 6.61 Å². The Balaban J connectivity index is 2.01. The lowest BCUT2D eigenvalue weighted by Crippen LogP contribution is -2.29. The highest BCUT2D eigenvalue weighted by Gasteiger charge is 2.28. The quantitative estimate of drug-likeness (QED) is 0.807. The number of hydrogen-bond donors (Lipinski definition) is 1. The van der Waals surface area contributed by atoms with Crippen molar-refractivity contribution in [2.75, 3.05) is 24.6 Å². The van der Waals surface area contributed by atoms with Crippen LogP contribution < -0.4 is 10.6 Å². The van der Waals surface area contributed by atoms with Crippen LogP contribution in [-0.4, -0.2) is 36.7 Å². The summed E-state index contributed by atoms with van der Waals surface area (Å²) in [5.41, 5.74) is 6.10. The SMILES string of the molecule is CCOC(=O)c1coc(N2CCC(C(C)N)C2)n1. The van der Waals surface area contributed by atoms with Crippen molar-refractivity contribution in [2.24, 2.45) is 11.7 Å². The molecule has 0 bridgehead atoms. The maximum atomic E-state index is 11.5. The van der Waals surface area contributed by atoms with Crippen molar-refractivity contribution in [3.63, 3.8) is 0 Å². The van der Waals surface area contributed by atoms with Crippen LogP contribution in [0.5, 0.6) is 0 Å². The maximum absolute atomic E-state index is 11.5. The van der Waals surface area contributed by atoms with Gasteiger partial charge in [-0.25, -0.2) is 4.79 Å². The standard InChI is InChI=1S/C12H19N3O3/c1-3-17-11(16)10-7-18-12(14-10)15-5-4-9(6-15)8(2)13/h7-9H,3-6,13H2,1-2H3. The third-order valence-electron chi connectivity index (χ3n) is 3.22. The minimum absolute atomic E-state index is 0.162. The summed E-state index contributed by atoms with van der Waals surface area (Å²) < 4.78 is 10.2. The second-order valence-electron chi connectivity index (χ2n) is 4.59. The molecule has 2 rings (SSSR count). The van der Waals surface area contributed by atoms with Gasteiger partial charge in [0.15, 0.2) is 5.69 Å². The summed E-state index contributed by atoms with van der Waals surface area (Å²) in [6, 6.07) is 0.635. The molecule has 2 heterocycles. The zero-order valence-electron chi connectivity index (χ0n) is 10.8. The molecule has 0 amide bonds. The monoisotopic (exact) mass is 253 g/mol. The molecule has 1 aromatic rings. The van der Waals surface area contributed by atoms with E-state index in [0.29, 0.717) is 18.5 Å². The number of nitrogens with two attached hydrogens (primary N) is 1. The van der Waals surface area contributed by atoms with Gasteiger partial charge in [-0.2, -0.15) is 4.98 Å². The van der Waals surface area contributed by atoms with E-state index in [-0.39, 0.29) is 11.7 Å². The third-order valence-corrected chi connectivity index (χ3v) is 3.22. The molecule has 100 valence electrons. The van der Waals surface area contributed by atoms with Crippen LogP contribution in [0.4, 0.5) is 6.01 Å². The molecule has 18 heavy (non-hydrogen) atoms. The lowest BCUT2D eigenvalue weighted by Gasteiger charge is -2.15. The predicted molar refractivity (Wildman–Crippen MR) is 66.4 cm³/mol. The Labute approximate surface area is 106 Å². The van der Waals surface area contributed by atoms with Crippen LogP contribution in [0.1, 0.15) is 30.8 Å². The maximum Gasteiger partial charge on any atom is 0.360 e. The van der Waals surface area contributed by atoms with Crippen molar-refractivity contribution in [1.82, 2.24) is 4.98 Å². The van der Waals surface area contributed by atoms with Crippen LogP contribution in [0.2, 0.25) is 0 Å². The number of esters is 1. The van der Waals surface area contributed by atoms with Crippen LogP contribution in [0.25, 0.3) is 0 Å². The highest BCUT2D eigenvalue weighted by Crippen LogP contribution is 2.24. The molecule has 1 aliphatic heterocycles. The van der Waals surface area contributed by atoms with Crippen molar-refractivity contribution in [1.29, 1.82) is 0 Å². The van der Waals surface area contributed by atoms with E-state index < -0.39 is 5.97 Å². The van der Waals surface area contributed by atoms with E-state index in [1.165, 1.54) is 6.26 Å². The normalized spacial score (nSPS) is 21.1. The lowest BCUT2D eigenvalue weighted by atomic mass is 10.0. The van der Waals surface area contributed by atoms with Gasteiger partial charge in [-0.05, 0) is 26.2 Å². The number of carbonyl (C=O) groups is 1. The molecular formula is C12H19N3O3. The van der Waals surface area contributed by atoms with Gasteiger partial charge < -0.3 is 19.8 Å². The van der Waals surface area contributed by atoms with Crippen molar-refractivity contribution in [3.8, 4) is 0 Å². The molecule has 0 aromatic carbocycles. The average Bonchev–Trinajstić information content (AvgIpc) is 2.98. The number of oxazole rings is 1. The summed E-state index contributed by atoms with van der Waals surface area (Å²) in [5, 5.41) is 0. The molecule has 2 N–H and O–H groups in total. The first-order chi connectivity index (χ1) is 8.61. The Kier molecular flexibility index (Phi) is 3.86. The van der Waals surface area contributed by atoms with E-state index in [4.69, 9.17) is 14.9 Å². The van der Waals surface area contributed by atoms with E-state index in [1.54, 1.807) is 6.92 Å². The molecule has 0 aliphatic carbocycles. The molecule has 1 aliphatic rings. The summed E-state index contributed by atoms with van der Waals surface area (Å²) in [7, 11) is 0. The van der Waals surface area contributed by atoms with E-state index in [2.05, 4.69) is 4.98 Å². The average molecular weight is 253 g/mol. The number of nitrogens with zero attached hydrogens (tertiary/aromatic N) is 2. The van der Waals surface area contributed by atoms with Crippen LogP contribution >= 0.6 is 0 Å². The van der Waals surface area contributed by atoms with Gasteiger partial charge in [0.1, 0.15) is 6.26 Å². The highest BCUT2D eigenvalue weighted by atomic mass is 16.5. The largest absolute Gasteiger partial charge is 0.461 e. The molecule has 2 atom stereocenters. The molecule has 6 heteroatoms. The van der Waals surface area contributed by atoms with Crippen LogP contribution in [0.15, 0.2) is 10.7 Å². The van der Waals surface area contributed by atoms with E-state index >= 15 is 0 Å². The zero-order chi connectivity index (χ0) is 13.1. The summed E-state index contributed by atoms with van der Waals surface area (Å²) in [6.45, 7) is 5.77. The molecule has 0 spiro atoms. The molecular weight excluding hydrogens is 234 g/mol. The summed E-state index contributed by atoms with van der Waals surface area (Å²) in [4.78, 5) is 17.6.